The van der Waals surface area contributed by atoms with Gasteiger partial charge in [0.2, 0.25) is 5.91 Å². The van der Waals surface area contributed by atoms with Gasteiger partial charge in [0.05, 0.1) is 11.7 Å². The highest BCUT2D eigenvalue weighted by Gasteiger charge is 2.34. The summed E-state index contributed by atoms with van der Waals surface area (Å²) < 4.78 is 7.70. The van der Waals surface area contributed by atoms with Crippen LogP contribution in [0.15, 0.2) is 60.9 Å². The van der Waals surface area contributed by atoms with Crippen molar-refractivity contribution in [2.75, 3.05) is 7.05 Å². The molecule has 2 aromatic heterocycles. The third-order valence-corrected chi connectivity index (χ3v) is 5.93. The topological polar surface area (TPSA) is 63.1 Å². The molecule has 1 saturated heterocycles. The number of hydrogen-bond donors (Lipinski definition) is 1. The van der Waals surface area contributed by atoms with Gasteiger partial charge in [-0.1, -0.05) is 37.3 Å². The molecule has 1 fully saturated rings. The first-order valence-corrected chi connectivity index (χ1v) is 10.7. The van der Waals surface area contributed by atoms with Crippen molar-refractivity contribution in [1.82, 2.24) is 14.6 Å². The third-order valence-electron chi connectivity index (χ3n) is 5.93. The molecule has 2 amide bonds. The zero-order valence-corrected chi connectivity index (χ0v) is 18.2. The molecule has 0 bridgehead atoms. The van der Waals surface area contributed by atoms with Crippen molar-refractivity contribution in [1.29, 1.82) is 0 Å². The Bertz CT molecular complexity index is 1060. The van der Waals surface area contributed by atoms with E-state index in [9.17, 15) is 9.59 Å². The summed E-state index contributed by atoms with van der Waals surface area (Å²) in [6, 6.07) is 15.7. The molecule has 1 aliphatic heterocycles. The number of nitrogens with one attached hydrogen (secondary N) is 1. The Hall–Kier alpha value is -3.12. The molecular weight excluding hydrogens is 390 g/mol. The van der Waals surface area contributed by atoms with E-state index < -0.39 is 6.10 Å². The smallest absolute Gasteiger partial charge is 0.255 e. The number of pyridine rings is 1. The first-order chi connectivity index (χ1) is 14.9. The molecule has 162 valence electrons. The summed E-state index contributed by atoms with van der Waals surface area (Å²) in [5, 5.41) is 3.01. The summed E-state index contributed by atoms with van der Waals surface area (Å²) in [4.78, 5) is 27.3. The van der Waals surface area contributed by atoms with Crippen LogP contribution in [0.3, 0.4) is 0 Å². The zero-order chi connectivity index (χ0) is 22.0. The van der Waals surface area contributed by atoms with Gasteiger partial charge >= 0.3 is 0 Å². The van der Waals surface area contributed by atoms with E-state index in [0.717, 1.165) is 23.1 Å². The summed E-state index contributed by atoms with van der Waals surface area (Å²) >= 11 is 0. The highest BCUT2D eigenvalue weighted by Crippen LogP contribution is 2.26. The van der Waals surface area contributed by atoms with Crippen molar-refractivity contribution in [3.8, 4) is 0 Å². The van der Waals surface area contributed by atoms with Crippen LogP contribution in [0.5, 0.6) is 0 Å². The van der Waals surface area contributed by atoms with Crippen molar-refractivity contribution in [3.63, 3.8) is 0 Å². The van der Waals surface area contributed by atoms with Crippen LogP contribution in [0.1, 0.15) is 41.8 Å². The Labute approximate surface area is 182 Å². The molecule has 6 nitrogen and oxygen atoms in total. The maximum atomic E-state index is 13.0. The summed E-state index contributed by atoms with van der Waals surface area (Å²) in [6.45, 7) is 4.92. The molecule has 6 heteroatoms. The number of rotatable bonds is 6. The van der Waals surface area contributed by atoms with Gasteiger partial charge in [-0.25, -0.2) is 0 Å². The monoisotopic (exact) mass is 419 g/mol. The van der Waals surface area contributed by atoms with Gasteiger partial charge < -0.3 is 19.4 Å². The van der Waals surface area contributed by atoms with Crippen LogP contribution in [0.25, 0.3) is 5.52 Å². The second-order valence-electron chi connectivity index (χ2n) is 8.49. The number of aromatic nitrogens is 1. The highest BCUT2D eigenvalue weighted by atomic mass is 16.5. The van der Waals surface area contributed by atoms with Gasteiger partial charge in [-0.05, 0) is 48.6 Å². The van der Waals surface area contributed by atoms with E-state index in [1.807, 2.05) is 79.2 Å². The molecule has 4 rings (SSSR count). The average Bonchev–Trinajstić information content (AvgIpc) is 3.34. The van der Waals surface area contributed by atoms with Gasteiger partial charge in [0.15, 0.2) is 0 Å². The van der Waals surface area contributed by atoms with Crippen molar-refractivity contribution in [3.05, 3.63) is 77.6 Å². The first kappa shape index (κ1) is 21.1. The number of ether oxygens (including phenoxy) is 1. The number of nitrogens with zero attached hydrogens (tertiary/aromatic N) is 2. The maximum Gasteiger partial charge on any atom is 0.255 e. The zero-order valence-electron chi connectivity index (χ0n) is 18.2. The number of hydrogen-bond acceptors (Lipinski definition) is 3. The molecular formula is C25H29N3O3. The largest absolute Gasteiger partial charge is 0.365 e. The fourth-order valence-electron chi connectivity index (χ4n) is 4.29. The molecule has 3 atom stereocenters. The van der Waals surface area contributed by atoms with E-state index in [2.05, 4.69) is 5.32 Å². The Kier molecular flexibility index (Phi) is 6.09. The molecule has 1 aromatic carbocycles. The van der Waals surface area contributed by atoms with Crippen molar-refractivity contribution in [2.45, 2.75) is 45.6 Å². The van der Waals surface area contributed by atoms with E-state index in [0.29, 0.717) is 18.7 Å². The Balaban J connectivity index is 1.42. The van der Waals surface area contributed by atoms with E-state index in [-0.39, 0.29) is 23.8 Å². The molecule has 3 aromatic rings. The average molecular weight is 420 g/mol. The fourth-order valence-corrected chi connectivity index (χ4v) is 4.29. The Morgan fingerprint density at radius 3 is 2.58 bits per heavy atom. The van der Waals surface area contributed by atoms with Crippen LogP contribution < -0.4 is 5.32 Å². The summed E-state index contributed by atoms with van der Waals surface area (Å²) in [6.07, 6.45) is 4.40. The van der Waals surface area contributed by atoms with Gasteiger partial charge in [-0.2, -0.15) is 0 Å². The molecule has 0 saturated carbocycles. The van der Waals surface area contributed by atoms with Gasteiger partial charge in [0, 0.05) is 38.0 Å². The first-order valence-electron chi connectivity index (χ1n) is 10.7. The molecule has 31 heavy (non-hydrogen) atoms. The lowest BCUT2D eigenvalue weighted by molar-refractivity contribution is -0.133. The van der Waals surface area contributed by atoms with Gasteiger partial charge in [0.1, 0.15) is 6.10 Å². The minimum Gasteiger partial charge on any atom is -0.365 e. The van der Waals surface area contributed by atoms with Gasteiger partial charge in [-0.15, -0.1) is 0 Å². The fraction of sp³-hybridized carbons (Fsp3) is 0.360. The van der Waals surface area contributed by atoms with Gasteiger partial charge in [0.25, 0.3) is 5.91 Å². The minimum atomic E-state index is -0.393. The van der Waals surface area contributed by atoms with Gasteiger partial charge in [-0.3, -0.25) is 9.59 Å². The molecule has 0 spiro atoms. The number of benzene rings is 1. The third kappa shape index (κ3) is 4.64. The summed E-state index contributed by atoms with van der Waals surface area (Å²) in [5.41, 5.74) is 3.65. The molecule has 3 unspecified atom stereocenters. The highest BCUT2D eigenvalue weighted by molar-refractivity contribution is 5.95. The number of amides is 2. The number of carbonyl (C=O) groups excluding carboxylic acids is 2. The predicted octanol–water partition coefficient (Wildman–Crippen LogP) is 3.64. The van der Waals surface area contributed by atoms with Crippen molar-refractivity contribution in [2.24, 2.45) is 5.92 Å². The molecule has 1 aliphatic rings. The SMILES string of the molecule is CC1CC(C)C(C(=O)NCc2ccccc2CN(C)C(=O)c2cc3ccccn3c2)O1. The summed E-state index contributed by atoms with van der Waals surface area (Å²) in [7, 11) is 1.80. The number of fused-ring (bicyclic) bond motifs is 1. The minimum absolute atomic E-state index is 0.0373. The van der Waals surface area contributed by atoms with Crippen LogP contribution in [0.2, 0.25) is 0 Å². The maximum absolute atomic E-state index is 13.0. The van der Waals surface area contributed by atoms with E-state index in [1.165, 1.54) is 0 Å². The molecule has 0 radical (unpaired) electrons. The summed E-state index contributed by atoms with van der Waals surface area (Å²) in [5.74, 6) is 0.105. The lowest BCUT2D eigenvalue weighted by atomic mass is 10.0. The number of carbonyl (C=O) groups is 2. The molecule has 3 heterocycles. The van der Waals surface area contributed by atoms with E-state index >= 15 is 0 Å². The van der Waals surface area contributed by atoms with Crippen LogP contribution in [0.4, 0.5) is 0 Å². The van der Waals surface area contributed by atoms with Crippen LogP contribution in [-0.2, 0) is 22.6 Å². The van der Waals surface area contributed by atoms with Crippen molar-refractivity contribution >= 4 is 17.3 Å². The second kappa shape index (κ2) is 8.94. The lowest BCUT2D eigenvalue weighted by Crippen LogP contribution is -2.37. The van der Waals surface area contributed by atoms with Crippen LogP contribution in [-0.4, -0.2) is 40.4 Å². The predicted molar refractivity (Wildman–Crippen MR) is 120 cm³/mol. The molecule has 0 aliphatic carbocycles. The van der Waals surface area contributed by atoms with Crippen LogP contribution >= 0.6 is 0 Å². The Morgan fingerprint density at radius 2 is 1.87 bits per heavy atom. The standard InChI is InChI=1S/C25H29N3O3/c1-17-12-18(2)31-23(17)24(29)26-14-19-8-4-5-9-20(19)15-27(3)25(30)21-13-22-10-6-7-11-28(22)16-21/h4-11,13,16-18,23H,12,14-15H2,1-3H3,(H,26,29). The van der Waals surface area contributed by atoms with E-state index in [4.69, 9.17) is 4.74 Å². The molecule has 1 N–H and O–H groups in total. The van der Waals surface area contributed by atoms with Crippen molar-refractivity contribution < 1.29 is 14.3 Å². The second-order valence-corrected chi connectivity index (χ2v) is 8.49. The normalized spacial score (nSPS) is 20.7. The van der Waals surface area contributed by atoms with Crippen LogP contribution in [0, 0.1) is 5.92 Å². The Morgan fingerprint density at radius 1 is 1.13 bits per heavy atom. The quantitative estimate of drug-likeness (QED) is 0.664. The van der Waals surface area contributed by atoms with E-state index in [1.54, 1.807) is 11.9 Å². The lowest BCUT2D eigenvalue weighted by Gasteiger charge is -2.20.